The number of carbonyl (C=O) groups excluding carboxylic acids is 1. The van der Waals surface area contributed by atoms with Gasteiger partial charge in [-0.05, 0) is 49.6 Å². The number of hydrogen-bond donors (Lipinski definition) is 1. The molecular formula is C14H13Cl2NOS. The molecule has 0 atom stereocenters. The number of benzene rings is 1. The van der Waals surface area contributed by atoms with E-state index in [-0.39, 0.29) is 5.91 Å². The van der Waals surface area contributed by atoms with Crippen LogP contribution in [0.4, 0.5) is 5.69 Å². The molecule has 1 N–H and O–H groups in total. The van der Waals surface area contributed by atoms with E-state index >= 15 is 0 Å². The van der Waals surface area contributed by atoms with Crippen molar-refractivity contribution in [1.29, 1.82) is 0 Å². The van der Waals surface area contributed by atoms with Crippen LogP contribution in [0.3, 0.4) is 0 Å². The zero-order valence-corrected chi connectivity index (χ0v) is 13.1. The van der Waals surface area contributed by atoms with Gasteiger partial charge in [0.05, 0.1) is 9.90 Å². The molecule has 19 heavy (non-hydrogen) atoms. The number of anilines is 1. The van der Waals surface area contributed by atoms with Crippen molar-refractivity contribution in [2.24, 2.45) is 0 Å². The zero-order chi connectivity index (χ0) is 14.2. The molecule has 0 saturated carbocycles. The van der Waals surface area contributed by atoms with Crippen LogP contribution in [-0.4, -0.2) is 5.91 Å². The van der Waals surface area contributed by atoms with E-state index in [9.17, 15) is 4.79 Å². The lowest BCUT2D eigenvalue weighted by Crippen LogP contribution is -2.11. The molecule has 2 rings (SSSR count). The second kappa shape index (κ2) is 5.53. The minimum Gasteiger partial charge on any atom is -0.321 e. The van der Waals surface area contributed by atoms with Gasteiger partial charge in [0, 0.05) is 5.69 Å². The first-order chi connectivity index (χ1) is 8.88. The van der Waals surface area contributed by atoms with Gasteiger partial charge >= 0.3 is 0 Å². The molecule has 1 amide bonds. The first kappa shape index (κ1) is 14.4. The highest BCUT2D eigenvalue weighted by atomic mass is 35.5. The first-order valence-electron chi connectivity index (χ1n) is 5.72. The highest BCUT2D eigenvalue weighted by molar-refractivity contribution is 7.18. The van der Waals surface area contributed by atoms with Gasteiger partial charge in [0.25, 0.3) is 5.91 Å². The fourth-order valence-corrected chi connectivity index (χ4v) is 3.00. The lowest BCUT2D eigenvalue weighted by atomic mass is 10.0. The SMILES string of the molecule is Cc1cc(C)c(NC(=O)c2cc(Cl)c(Cl)s2)cc1C. The third-order valence-electron chi connectivity index (χ3n) is 2.96. The van der Waals surface area contributed by atoms with Crippen LogP contribution >= 0.6 is 34.5 Å². The molecule has 1 aromatic heterocycles. The smallest absolute Gasteiger partial charge is 0.265 e. The van der Waals surface area contributed by atoms with Gasteiger partial charge in [0.15, 0.2) is 0 Å². The summed E-state index contributed by atoms with van der Waals surface area (Å²) in [5, 5.41) is 3.30. The Morgan fingerprint density at radius 2 is 1.68 bits per heavy atom. The summed E-state index contributed by atoms with van der Waals surface area (Å²) in [5.41, 5.74) is 4.19. The van der Waals surface area contributed by atoms with Crippen LogP contribution < -0.4 is 5.32 Å². The van der Waals surface area contributed by atoms with E-state index in [2.05, 4.69) is 11.4 Å². The maximum absolute atomic E-state index is 12.1. The third kappa shape index (κ3) is 3.11. The Kier molecular flexibility index (Phi) is 4.19. The number of carbonyl (C=O) groups is 1. The Bertz CT molecular complexity index is 630. The number of halogens is 2. The quantitative estimate of drug-likeness (QED) is 0.807. The van der Waals surface area contributed by atoms with E-state index in [4.69, 9.17) is 23.2 Å². The van der Waals surface area contributed by atoms with Gasteiger partial charge in [-0.1, -0.05) is 29.3 Å². The van der Waals surface area contributed by atoms with Crippen molar-refractivity contribution in [1.82, 2.24) is 0 Å². The molecule has 5 heteroatoms. The van der Waals surface area contributed by atoms with Crippen LogP contribution in [0.1, 0.15) is 26.4 Å². The summed E-state index contributed by atoms with van der Waals surface area (Å²) in [6.07, 6.45) is 0. The molecule has 0 radical (unpaired) electrons. The summed E-state index contributed by atoms with van der Waals surface area (Å²) in [4.78, 5) is 12.6. The maximum atomic E-state index is 12.1. The highest BCUT2D eigenvalue weighted by Crippen LogP contribution is 2.32. The van der Waals surface area contributed by atoms with Crippen LogP contribution in [-0.2, 0) is 0 Å². The Labute approximate surface area is 126 Å². The minimum atomic E-state index is -0.190. The van der Waals surface area contributed by atoms with Crippen molar-refractivity contribution in [3.8, 4) is 0 Å². The topological polar surface area (TPSA) is 29.1 Å². The van der Waals surface area contributed by atoms with Gasteiger partial charge in [0.1, 0.15) is 4.34 Å². The molecule has 100 valence electrons. The molecule has 0 fully saturated rings. The second-order valence-electron chi connectivity index (χ2n) is 4.44. The van der Waals surface area contributed by atoms with E-state index in [1.165, 1.54) is 16.9 Å². The molecule has 0 aliphatic rings. The van der Waals surface area contributed by atoms with E-state index in [1.54, 1.807) is 6.07 Å². The van der Waals surface area contributed by atoms with Crippen molar-refractivity contribution in [2.75, 3.05) is 5.32 Å². The second-order valence-corrected chi connectivity index (χ2v) is 6.50. The lowest BCUT2D eigenvalue weighted by molar-refractivity contribution is 0.103. The minimum absolute atomic E-state index is 0.190. The van der Waals surface area contributed by atoms with E-state index < -0.39 is 0 Å². The Balaban J connectivity index is 2.26. The molecule has 2 aromatic rings. The Morgan fingerprint density at radius 3 is 2.26 bits per heavy atom. The molecule has 0 spiro atoms. The standard InChI is InChI=1S/C14H13Cl2NOS/c1-7-4-9(3)11(5-8(7)2)17-14(18)12-6-10(15)13(16)19-12/h4-6H,1-3H3,(H,17,18). The van der Waals surface area contributed by atoms with Gasteiger partial charge in [-0.2, -0.15) is 0 Å². The molecule has 0 unspecified atom stereocenters. The maximum Gasteiger partial charge on any atom is 0.265 e. The molecule has 0 saturated heterocycles. The number of thiophene rings is 1. The third-order valence-corrected chi connectivity index (χ3v) is 4.82. The summed E-state index contributed by atoms with van der Waals surface area (Å²) in [6.45, 7) is 6.03. The molecule has 0 aliphatic heterocycles. The van der Waals surface area contributed by atoms with Gasteiger partial charge in [-0.15, -0.1) is 11.3 Å². The predicted molar refractivity (Wildman–Crippen MR) is 82.9 cm³/mol. The van der Waals surface area contributed by atoms with Gasteiger partial charge in [0.2, 0.25) is 0 Å². The van der Waals surface area contributed by atoms with Crippen LogP contribution in [0.15, 0.2) is 18.2 Å². The van der Waals surface area contributed by atoms with E-state index in [0.717, 1.165) is 16.8 Å². The summed E-state index contributed by atoms with van der Waals surface area (Å²) >= 11 is 12.9. The van der Waals surface area contributed by atoms with E-state index in [1.807, 2.05) is 26.8 Å². The van der Waals surface area contributed by atoms with Crippen molar-refractivity contribution < 1.29 is 4.79 Å². The molecule has 1 heterocycles. The van der Waals surface area contributed by atoms with E-state index in [0.29, 0.717) is 14.2 Å². The van der Waals surface area contributed by atoms with Crippen LogP contribution in [0.5, 0.6) is 0 Å². The average Bonchev–Trinajstić information content (AvgIpc) is 2.67. The molecular weight excluding hydrogens is 301 g/mol. The predicted octanol–water partition coefficient (Wildman–Crippen LogP) is 5.23. The summed E-state index contributed by atoms with van der Waals surface area (Å²) in [6, 6.07) is 5.61. The molecule has 0 aliphatic carbocycles. The Hall–Kier alpha value is -1.03. The summed E-state index contributed by atoms with van der Waals surface area (Å²) < 4.78 is 0.434. The van der Waals surface area contributed by atoms with Crippen molar-refractivity contribution >= 4 is 46.1 Å². The number of nitrogens with one attached hydrogen (secondary N) is 1. The van der Waals surface area contributed by atoms with Crippen molar-refractivity contribution in [3.05, 3.63) is 49.1 Å². The molecule has 0 bridgehead atoms. The van der Waals surface area contributed by atoms with Crippen molar-refractivity contribution in [2.45, 2.75) is 20.8 Å². The van der Waals surface area contributed by atoms with Gasteiger partial charge in [-0.3, -0.25) is 4.79 Å². The molecule has 2 nitrogen and oxygen atoms in total. The van der Waals surface area contributed by atoms with Crippen LogP contribution in [0.2, 0.25) is 9.36 Å². The number of rotatable bonds is 2. The zero-order valence-electron chi connectivity index (χ0n) is 10.8. The summed E-state index contributed by atoms with van der Waals surface area (Å²) in [5.74, 6) is -0.190. The lowest BCUT2D eigenvalue weighted by Gasteiger charge is -2.10. The fourth-order valence-electron chi connectivity index (χ4n) is 1.74. The van der Waals surface area contributed by atoms with Gasteiger partial charge in [-0.25, -0.2) is 0 Å². The highest BCUT2D eigenvalue weighted by Gasteiger charge is 2.13. The van der Waals surface area contributed by atoms with Crippen molar-refractivity contribution in [3.63, 3.8) is 0 Å². The monoisotopic (exact) mass is 313 g/mol. The van der Waals surface area contributed by atoms with Crippen LogP contribution in [0.25, 0.3) is 0 Å². The Morgan fingerprint density at radius 1 is 1.05 bits per heavy atom. The number of hydrogen-bond acceptors (Lipinski definition) is 2. The average molecular weight is 314 g/mol. The van der Waals surface area contributed by atoms with Crippen LogP contribution in [0, 0.1) is 20.8 Å². The molecule has 1 aromatic carbocycles. The first-order valence-corrected chi connectivity index (χ1v) is 7.29. The largest absolute Gasteiger partial charge is 0.321 e. The number of aryl methyl sites for hydroxylation is 3. The van der Waals surface area contributed by atoms with Gasteiger partial charge < -0.3 is 5.32 Å². The fraction of sp³-hybridized carbons (Fsp3) is 0.214. The summed E-state index contributed by atoms with van der Waals surface area (Å²) in [7, 11) is 0. The number of amides is 1. The normalized spacial score (nSPS) is 10.6.